The summed E-state index contributed by atoms with van der Waals surface area (Å²) in [5.41, 5.74) is 3.08. The van der Waals surface area contributed by atoms with Crippen LogP contribution in [0.3, 0.4) is 0 Å². The number of hydrogen-bond acceptors (Lipinski definition) is 4. The lowest BCUT2D eigenvalue weighted by atomic mass is 10.1. The Morgan fingerprint density at radius 3 is 2.48 bits per heavy atom. The van der Waals surface area contributed by atoms with Gasteiger partial charge >= 0.3 is 0 Å². The second-order valence-corrected chi connectivity index (χ2v) is 6.53. The van der Waals surface area contributed by atoms with Crippen LogP contribution in [0.25, 0.3) is 5.69 Å². The van der Waals surface area contributed by atoms with Gasteiger partial charge in [0.25, 0.3) is 0 Å². The van der Waals surface area contributed by atoms with E-state index in [9.17, 15) is 4.79 Å². The summed E-state index contributed by atoms with van der Waals surface area (Å²) in [7, 11) is 0. The third-order valence-electron chi connectivity index (χ3n) is 3.79. The summed E-state index contributed by atoms with van der Waals surface area (Å²) in [5.74, 6) is 1.01. The monoisotopic (exact) mass is 352 g/mol. The molecule has 0 atom stereocenters. The number of rotatable bonds is 6. The maximum atomic E-state index is 12.1. The Balaban J connectivity index is 1.70. The number of anilines is 1. The number of amides is 1. The topological polar surface area (TPSA) is 59.8 Å². The van der Waals surface area contributed by atoms with Crippen molar-refractivity contribution in [2.75, 3.05) is 11.1 Å². The number of carbonyl (C=O) groups is 1. The van der Waals surface area contributed by atoms with Crippen LogP contribution >= 0.6 is 11.8 Å². The SMILES string of the molecule is CCc1ccc(-n2c(C)nnc2SCC(=O)Nc2ccccc2)cc1. The lowest BCUT2D eigenvalue weighted by molar-refractivity contribution is -0.113. The van der Waals surface area contributed by atoms with E-state index in [4.69, 9.17) is 0 Å². The maximum absolute atomic E-state index is 12.1. The Kier molecular flexibility index (Phi) is 5.50. The average Bonchev–Trinajstić information content (AvgIpc) is 3.01. The first kappa shape index (κ1) is 17.2. The van der Waals surface area contributed by atoms with Crippen LogP contribution in [0.1, 0.15) is 18.3 Å². The number of carbonyl (C=O) groups excluding carboxylic acids is 1. The largest absolute Gasteiger partial charge is 0.325 e. The molecule has 0 unspecified atom stereocenters. The van der Waals surface area contributed by atoms with Crippen LogP contribution in [0, 0.1) is 6.92 Å². The van der Waals surface area contributed by atoms with Crippen LogP contribution in [-0.4, -0.2) is 26.4 Å². The van der Waals surface area contributed by atoms with Crippen LogP contribution in [0.2, 0.25) is 0 Å². The fourth-order valence-corrected chi connectivity index (χ4v) is 3.26. The number of nitrogens with zero attached hydrogens (tertiary/aromatic N) is 3. The summed E-state index contributed by atoms with van der Waals surface area (Å²) >= 11 is 1.38. The van der Waals surface area contributed by atoms with E-state index in [1.807, 2.05) is 41.8 Å². The predicted molar refractivity (Wildman–Crippen MR) is 101 cm³/mol. The van der Waals surface area contributed by atoms with Crippen molar-refractivity contribution < 1.29 is 4.79 Å². The van der Waals surface area contributed by atoms with Gasteiger partial charge in [0, 0.05) is 11.4 Å². The minimum atomic E-state index is -0.0651. The molecule has 2 aromatic carbocycles. The Labute approximate surface area is 151 Å². The summed E-state index contributed by atoms with van der Waals surface area (Å²) in [6, 6.07) is 17.8. The first-order valence-electron chi connectivity index (χ1n) is 8.16. The quantitative estimate of drug-likeness (QED) is 0.684. The van der Waals surface area contributed by atoms with E-state index in [-0.39, 0.29) is 11.7 Å². The molecule has 1 aromatic heterocycles. The van der Waals surface area contributed by atoms with E-state index in [1.54, 1.807) is 0 Å². The van der Waals surface area contributed by atoms with Crippen molar-refractivity contribution in [3.63, 3.8) is 0 Å². The van der Waals surface area contributed by atoms with Crippen LogP contribution < -0.4 is 5.32 Å². The van der Waals surface area contributed by atoms with Crippen LogP contribution in [0.5, 0.6) is 0 Å². The Morgan fingerprint density at radius 2 is 1.80 bits per heavy atom. The molecule has 1 N–H and O–H groups in total. The molecule has 0 aliphatic heterocycles. The zero-order valence-electron chi connectivity index (χ0n) is 14.3. The first-order valence-corrected chi connectivity index (χ1v) is 9.15. The van der Waals surface area contributed by atoms with Gasteiger partial charge in [-0.05, 0) is 43.2 Å². The standard InChI is InChI=1S/C19H20N4OS/c1-3-15-9-11-17(12-10-15)23-14(2)21-22-19(23)25-13-18(24)20-16-7-5-4-6-8-16/h4-12H,3,13H2,1-2H3,(H,20,24). The van der Waals surface area contributed by atoms with E-state index in [0.717, 1.165) is 23.6 Å². The highest BCUT2D eigenvalue weighted by Gasteiger charge is 2.13. The molecule has 0 spiro atoms. The van der Waals surface area contributed by atoms with Gasteiger partial charge in [-0.25, -0.2) is 0 Å². The number of benzene rings is 2. The lowest BCUT2D eigenvalue weighted by Crippen LogP contribution is -2.14. The van der Waals surface area contributed by atoms with Gasteiger partial charge in [0.2, 0.25) is 5.91 Å². The number of hydrogen-bond donors (Lipinski definition) is 1. The van der Waals surface area contributed by atoms with Gasteiger partial charge < -0.3 is 5.32 Å². The molecular weight excluding hydrogens is 332 g/mol. The number of para-hydroxylation sites is 1. The number of nitrogens with one attached hydrogen (secondary N) is 1. The molecule has 3 rings (SSSR count). The van der Waals surface area contributed by atoms with Gasteiger partial charge in [-0.2, -0.15) is 0 Å². The molecule has 6 heteroatoms. The lowest BCUT2D eigenvalue weighted by Gasteiger charge is -2.09. The molecule has 0 fully saturated rings. The average molecular weight is 352 g/mol. The molecule has 3 aromatic rings. The highest BCUT2D eigenvalue weighted by molar-refractivity contribution is 7.99. The molecule has 0 aliphatic rings. The van der Waals surface area contributed by atoms with E-state index in [2.05, 4.69) is 46.7 Å². The van der Waals surface area contributed by atoms with Crippen LogP contribution in [0.4, 0.5) is 5.69 Å². The van der Waals surface area contributed by atoms with E-state index < -0.39 is 0 Å². The second kappa shape index (κ2) is 7.98. The van der Waals surface area contributed by atoms with E-state index in [0.29, 0.717) is 5.16 Å². The molecule has 5 nitrogen and oxygen atoms in total. The molecule has 1 heterocycles. The maximum Gasteiger partial charge on any atom is 0.234 e. The van der Waals surface area contributed by atoms with Gasteiger partial charge in [-0.15, -0.1) is 10.2 Å². The Morgan fingerprint density at radius 1 is 1.08 bits per heavy atom. The molecule has 0 aliphatic carbocycles. The van der Waals surface area contributed by atoms with Gasteiger partial charge in [0.05, 0.1) is 5.75 Å². The van der Waals surface area contributed by atoms with Crippen LogP contribution in [-0.2, 0) is 11.2 Å². The fourth-order valence-electron chi connectivity index (χ4n) is 2.46. The van der Waals surface area contributed by atoms with Crippen molar-refractivity contribution >= 4 is 23.4 Å². The summed E-state index contributed by atoms with van der Waals surface area (Å²) in [6.45, 7) is 4.04. The Hall–Kier alpha value is -2.60. The molecule has 128 valence electrons. The normalized spacial score (nSPS) is 10.6. The minimum absolute atomic E-state index is 0.0651. The number of thioether (sulfide) groups is 1. The predicted octanol–water partition coefficient (Wildman–Crippen LogP) is 3.87. The number of aryl methyl sites for hydroxylation is 2. The highest BCUT2D eigenvalue weighted by Crippen LogP contribution is 2.22. The second-order valence-electron chi connectivity index (χ2n) is 5.59. The Bertz CT molecular complexity index is 844. The molecule has 0 radical (unpaired) electrons. The van der Waals surface area contributed by atoms with Crippen molar-refractivity contribution in [1.82, 2.24) is 14.8 Å². The highest BCUT2D eigenvalue weighted by atomic mass is 32.2. The van der Waals surface area contributed by atoms with E-state index in [1.165, 1.54) is 17.3 Å². The fraction of sp³-hybridized carbons (Fsp3) is 0.211. The third kappa shape index (κ3) is 4.28. The van der Waals surface area contributed by atoms with Gasteiger partial charge in [-0.1, -0.05) is 49.0 Å². The summed E-state index contributed by atoms with van der Waals surface area (Å²) in [6.07, 6.45) is 1.00. The van der Waals surface area contributed by atoms with Gasteiger partial charge in [-0.3, -0.25) is 9.36 Å². The van der Waals surface area contributed by atoms with Crippen molar-refractivity contribution in [3.05, 3.63) is 66.0 Å². The van der Waals surface area contributed by atoms with Gasteiger partial charge in [0.15, 0.2) is 5.16 Å². The third-order valence-corrected chi connectivity index (χ3v) is 4.72. The van der Waals surface area contributed by atoms with Gasteiger partial charge in [0.1, 0.15) is 5.82 Å². The zero-order valence-corrected chi connectivity index (χ0v) is 15.1. The van der Waals surface area contributed by atoms with Crippen molar-refractivity contribution in [2.24, 2.45) is 0 Å². The summed E-state index contributed by atoms with van der Waals surface area (Å²) in [5, 5.41) is 12.0. The molecule has 1 amide bonds. The van der Waals surface area contributed by atoms with Crippen LogP contribution in [0.15, 0.2) is 59.8 Å². The molecular formula is C19H20N4OS. The molecule has 0 saturated carbocycles. The summed E-state index contributed by atoms with van der Waals surface area (Å²) in [4.78, 5) is 12.1. The zero-order chi connectivity index (χ0) is 17.6. The minimum Gasteiger partial charge on any atom is -0.325 e. The number of aromatic nitrogens is 3. The van der Waals surface area contributed by atoms with Crippen molar-refractivity contribution in [2.45, 2.75) is 25.4 Å². The first-order chi connectivity index (χ1) is 12.2. The summed E-state index contributed by atoms with van der Waals surface area (Å²) < 4.78 is 1.97. The molecule has 25 heavy (non-hydrogen) atoms. The molecule has 0 bridgehead atoms. The van der Waals surface area contributed by atoms with Crippen molar-refractivity contribution in [3.8, 4) is 5.69 Å². The smallest absolute Gasteiger partial charge is 0.234 e. The molecule has 0 saturated heterocycles. The van der Waals surface area contributed by atoms with E-state index >= 15 is 0 Å². The van der Waals surface area contributed by atoms with Crippen molar-refractivity contribution in [1.29, 1.82) is 0 Å².